The van der Waals surface area contributed by atoms with E-state index >= 15 is 0 Å². The standard InChI is InChI=1S/C25H32N4OS/c1-28(21-14-18-29(19-15-21)17-13-20-8-6-7-16-26-20)25(30)12-5-4-11-24-27-22-9-2-3-10-23(22)31-24/h2-3,6-10,16,21H,4-5,11-15,17-19H2,1H3. The number of rotatable bonds is 9. The molecule has 1 fully saturated rings. The van der Waals surface area contributed by atoms with Gasteiger partial charge in [-0.25, -0.2) is 4.98 Å². The number of carbonyl (C=O) groups excluding carboxylic acids is 1. The molecule has 0 N–H and O–H groups in total. The summed E-state index contributed by atoms with van der Waals surface area (Å²) in [7, 11) is 1.99. The summed E-state index contributed by atoms with van der Waals surface area (Å²) in [5, 5.41) is 1.18. The van der Waals surface area contributed by atoms with Gasteiger partial charge in [-0.3, -0.25) is 9.78 Å². The Kier molecular flexibility index (Phi) is 7.65. The van der Waals surface area contributed by atoms with Crippen LogP contribution in [0.4, 0.5) is 0 Å². The van der Waals surface area contributed by atoms with Crippen molar-refractivity contribution in [3.05, 3.63) is 59.4 Å². The molecule has 2 aromatic heterocycles. The Morgan fingerprint density at radius 2 is 1.90 bits per heavy atom. The fraction of sp³-hybridized carbons (Fsp3) is 0.480. The van der Waals surface area contributed by atoms with Crippen molar-refractivity contribution < 1.29 is 4.79 Å². The number of unbranched alkanes of at least 4 members (excludes halogenated alkanes) is 1. The lowest BCUT2D eigenvalue weighted by atomic mass is 10.0. The van der Waals surface area contributed by atoms with Crippen LogP contribution in [0.5, 0.6) is 0 Å². The first-order chi connectivity index (χ1) is 15.2. The fourth-order valence-electron chi connectivity index (χ4n) is 4.31. The first-order valence-electron chi connectivity index (χ1n) is 11.4. The van der Waals surface area contributed by atoms with E-state index in [1.165, 1.54) is 9.71 Å². The van der Waals surface area contributed by atoms with Crippen LogP contribution in [-0.2, 0) is 17.6 Å². The van der Waals surface area contributed by atoms with E-state index in [0.717, 1.165) is 69.4 Å². The average Bonchev–Trinajstić information content (AvgIpc) is 3.24. The number of thiazole rings is 1. The molecule has 0 saturated carbocycles. The molecule has 31 heavy (non-hydrogen) atoms. The predicted molar refractivity (Wildman–Crippen MR) is 127 cm³/mol. The topological polar surface area (TPSA) is 49.3 Å². The molecule has 3 heterocycles. The summed E-state index contributed by atoms with van der Waals surface area (Å²) >= 11 is 1.77. The third-order valence-corrected chi connectivity index (χ3v) is 7.37. The van der Waals surface area contributed by atoms with E-state index in [0.29, 0.717) is 12.5 Å². The average molecular weight is 437 g/mol. The van der Waals surface area contributed by atoms with Crippen LogP contribution in [0.2, 0.25) is 0 Å². The van der Waals surface area contributed by atoms with Gasteiger partial charge < -0.3 is 9.80 Å². The van der Waals surface area contributed by atoms with Crippen LogP contribution in [0, 0.1) is 0 Å². The predicted octanol–water partition coefficient (Wildman–Crippen LogP) is 4.57. The molecule has 0 bridgehead atoms. The number of para-hydroxylation sites is 1. The summed E-state index contributed by atoms with van der Waals surface area (Å²) in [6.45, 7) is 3.17. The Morgan fingerprint density at radius 3 is 2.68 bits per heavy atom. The monoisotopic (exact) mass is 436 g/mol. The van der Waals surface area contributed by atoms with E-state index in [4.69, 9.17) is 4.98 Å². The van der Waals surface area contributed by atoms with Gasteiger partial charge in [0.25, 0.3) is 0 Å². The van der Waals surface area contributed by atoms with Gasteiger partial charge in [-0.2, -0.15) is 0 Å². The van der Waals surface area contributed by atoms with E-state index in [1.54, 1.807) is 11.3 Å². The number of likely N-dealkylation sites (tertiary alicyclic amines) is 1. The number of fused-ring (bicyclic) bond motifs is 1. The Morgan fingerprint density at radius 1 is 1.10 bits per heavy atom. The number of pyridine rings is 1. The number of aromatic nitrogens is 2. The first-order valence-corrected chi connectivity index (χ1v) is 12.2. The summed E-state index contributed by atoms with van der Waals surface area (Å²) in [5.41, 5.74) is 2.24. The van der Waals surface area contributed by atoms with E-state index in [1.807, 2.05) is 36.3 Å². The first kappa shape index (κ1) is 21.9. The molecule has 4 rings (SSSR count). The van der Waals surface area contributed by atoms with Gasteiger partial charge in [-0.05, 0) is 56.4 Å². The van der Waals surface area contributed by atoms with Crippen LogP contribution in [-0.4, -0.2) is 58.4 Å². The van der Waals surface area contributed by atoms with Gasteiger partial charge in [-0.1, -0.05) is 18.2 Å². The summed E-state index contributed by atoms with van der Waals surface area (Å²) < 4.78 is 1.25. The molecule has 0 aliphatic carbocycles. The van der Waals surface area contributed by atoms with Crippen molar-refractivity contribution in [3.63, 3.8) is 0 Å². The Hall–Kier alpha value is -2.31. The third-order valence-electron chi connectivity index (χ3n) is 6.28. The lowest BCUT2D eigenvalue weighted by molar-refractivity contribution is -0.133. The van der Waals surface area contributed by atoms with Crippen LogP contribution in [0.25, 0.3) is 10.2 Å². The maximum Gasteiger partial charge on any atom is 0.222 e. The zero-order valence-corrected chi connectivity index (χ0v) is 19.2. The van der Waals surface area contributed by atoms with Crippen LogP contribution in [0.3, 0.4) is 0 Å². The molecule has 0 atom stereocenters. The van der Waals surface area contributed by atoms with Crippen LogP contribution in [0.15, 0.2) is 48.7 Å². The van der Waals surface area contributed by atoms with E-state index in [9.17, 15) is 4.79 Å². The second kappa shape index (κ2) is 10.8. The summed E-state index contributed by atoms with van der Waals surface area (Å²) in [6.07, 6.45) is 8.54. The van der Waals surface area contributed by atoms with Gasteiger partial charge in [0.2, 0.25) is 5.91 Å². The van der Waals surface area contributed by atoms with Gasteiger partial charge in [0.15, 0.2) is 0 Å². The number of piperidine rings is 1. The second-order valence-electron chi connectivity index (χ2n) is 8.43. The van der Waals surface area contributed by atoms with Crippen molar-refractivity contribution in [2.24, 2.45) is 0 Å². The minimum Gasteiger partial charge on any atom is -0.343 e. The summed E-state index contributed by atoms with van der Waals surface area (Å²) in [6, 6.07) is 14.8. The molecule has 1 saturated heterocycles. The third kappa shape index (κ3) is 6.11. The molecular formula is C25H32N4OS. The number of carbonyl (C=O) groups is 1. The highest BCUT2D eigenvalue weighted by Gasteiger charge is 2.24. The van der Waals surface area contributed by atoms with Crippen molar-refractivity contribution in [1.82, 2.24) is 19.8 Å². The zero-order chi connectivity index (χ0) is 21.5. The van der Waals surface area contributed by atoms with Gasteiger partial charge >= 0.3 is 0 Å². The highest BCUT2D eigenvalue weighted by atomic mass is 32.1. The molecular weight excluding hydrogens is 404 g/mol. The van der Waals surface area contributed by atoms with Crippen LogP contribution >= 0.6 is 11.3 Å². The van der Waals surface area contributed by atoms with Crippen molar-refractivity contribution in [3.8, 4) is 0 Å². The number of benzene rings is 1. The second-order valence-corrected chi connectivity index (χ2v) is 9.55. The largest absolute Gasteiger partial charge is 0.343 e. The molecule has 1 aliphatic heterocycles. The molecule has 0 unspecified atom stereocenters. The van der Waals surface area contributed by atoms with Gasteiger partial charge in [0, 0.05) is 57.5 Å². The zero-order valence-electron chi connectivity index (χ0n) is 18.4. The highest BCUT2D eigenvalue weighted by molar-refractivity contribution is 7.18. The van der Waals surface area contributed by atoms with Gasteiger partial charge in [0.05, 0.1) is 15.2 Å². The molecule has 164 valence electrons. The maximum absolute atomic E-state index is 12.7. The normalized spacial score (nSPS) is 15.4. The molecule has 1 aliphatic rings. The molecule has 0 radical (unpaired) electrons. The van der Waals surface area contributed by atoms with Crippen molar-refractivity contribution in [1.29, 1.82) is 0 Å². The summed E-state index contributed by atoms with van der Waals surface area (Å²) in [5.74, 6) is 0.288. The van der Waals surface area contributed by atoms with Crippen LogP contribution < -0.4 is 0 Å². The fourth-order valence-corrected chi connectivity index (χ4v) is 5.32. The lowest BCUT2D eigenvalue weighted by Gasteiger charge is -2.36. The Bertz CT molecular complexity index is 933. The minimum atomic E-state index is 0.288. The molecule has 0 spiro atoms. The maximum atomic E-state index is 12.7. The summed E-state index contributed by atoms with van der Waals surface area (Å²) in [4.78, 5) is 26.3. The molecule has 1 aromatic carbocycles. The van der Waals surface area contributed by atoms with Crippen LogP contribution in [0.1, 0.15) is 42.8 Å². The highest BCUT2D eigenvalue weighted by Crippen LogP contribution is 2.23. The number of nitrogens with zero attached hydrogens (tertiary/aromatic N) is 4. The number of aryl methyl sites for hydroxylation is 1. The number of hydrogen-bond acceptors (Lipinski definition) is 5. The van der Waals surface area contributed by atoms with Crippen molar-refractivity contribution in [2.45, 2.75) is 51.0 Å². The lowest BCUT2D eigenvalue weighted by Crippen LogP contribution is -2.46. The van der Waals surface area contributed by atoms with E-state index in [2.05, 4.69) is 34.1 Å². The molecule has 5 nitrogen and oxygen atoms in total. The molecule has 6 heteroatoms. The Balaban J connectivity index is 1.13. The Labute approximate surface area is 189 Å². The molecule has 3 aromatic rings. The number of amides is 1. The smallest absolute Gasteiger partial charge is 0.222 e. The van der Waals surface area contributed by atoms with Crippen molar-refractivity contribution in [2.75, 3.05) is 26.7 Å². The minimum absolute atomic E-state index is 0.288. The van der Waals surface area contributed by atoms with Gasteiger partial charge in [0.1, 0.15) is 0 Å². The van der Waals surface area contributed by atoms with E-state index < -0.39 is 0 Å². The van der Waals surface area contributed by atoms with Gasteiger partial charge in [-0.15, -0.1) is 11.3 Å². The van der Waals surface area contributed by atoms with Crippen molar-refractivity contribution >= 4 is 27.5 Å². The SMILES string of the molecule is CN(C(=O)CCCCc1nc2ccccc2s1)C1CCN(CCc2ccccn2)CC1. The molecule has 1 amide bonds. The quantitative estimate of drug-likeness (QED) is 0.461. The van der Waals surface area contributed by atoms with E-state index in [-0.39, 0.29) is 5.91 Å². The number of hydrogen-bond donors (Lipinski definition) is 0.